The lowest BCUT2D eigenvalue weighted by Gasteiger charge is -2.49. The highest BCUT2D eigenvalue weighted by Crippen LogP contribution is 2.43. The molecule has 5 nitrogen and oxygen atoms in total. The minimum absolute atomic E-state index is 0.142. The first-order valence-electron chi connectivity index (χ1n) is 8.11. The van der Waals surface area contributed by atoms with Crippen molar-refractivity contribution >= 4 is 55.7 Å². The van der Waals surface area contributed by atoms with E-state index in [0.29, 0.717) is 16.0 Å². The first-order chi connectivity index (χ1) is 11.6. The van der Waals surface area contributed by atoms with E-state index >= 15 is 0 Å². The number of amidine groups is 1. The van der Waals surface area contributed by atoms with Crippen LogP contribution in [0.4, 0.5) is 5.13 Å². The molecule has 5 heterocycles. The van der Waals surface area contributed by atoms with Crippen LogP contribution in [0.5, 0.6) is 0 Å². The van der Waals surface area contributed by atoms with Crippen LogP contribution in [0.25, 0.3) is 10.2 Å². The van der Waals surface area contributed by atoms with Crippen LogP contribution in [0.2, 0.25) is 10.0 Å². The molecular formula is C16H16Cl2N4OS. The van der Waals surface area contributed by atoms with Gasteiger partial charge in [-0.15, -0.1) is 0 Å². The smallest absolute Gasteiger partial charge is 0.189 e. The van der Waals surface area contributed by atoms with Gasteiger partial charge in [-0.2, -0.15) is 0 Å². The maximum atomic E-state index is 6.25. The molecule has 24 heavy (non-hydrogen) atoms. The summed E-state index contributed by atoms with van der Waals surface area (Å²) in [6.07, 6.45) is 3.23. The van der Waals surface area contributed by atoms with E-state index in [-0.39, 0.29) is 5.60 Å². The number of hydrogen-bond donors (Lipinski definition) is 1. The molecule has 2 bridgehead atoms. The Balaban J connectivity index is 1.37. The van der Waals surface area contributed by atoms with Crippen molar-refractivity contribution in [3.63, 3.8) is 0 Å². The molecule has 4 aliphatic heterocycles. The Labute approximate surface area is 153 Å². The number of benzene rings is 1. The van der Waals surface area contributed by atoms with Gasteiger partial charge < -0.3 is 10.2 Å². The maximum Gasteiger partial charge on any atom is 0.189 e. The van der Waals surface area contributed by atoms with Crippen LogP contribution in [-0.2, 0) is 4.84 Å². The summed E-state index contributed by atoms with van der Waals surface area (Å²) >= 11 is 13.8. The number of halogens is 2. The van der Waals surface area contributed by atoms with Crippen LogP contribution >= 0.6 is 34.5 Å². The Morgan fingerprint density at radius 3 is 2.88 bits per heavy atom. The molecule has 1 unspecified atom stereocenters. The maximum absolute atomic E-state index is 6.25. The van der Waals surface area contributed by atoms with E-state index in [1.165, 1.54) is 37.3 Å². The third-order valence-corrected chi connectivity index (χ3v) is 6.94. The highest BCUT2D eigenvalue weighted by atomic mass is 35.5. The minimum Gasteiger partial charge on any atom is -0.386 e. The molecule has 1 aromatic carbocycles. The highest BCUT2D eigenvalue weighted by Gasteiger charge is 2.52. The van der Waals surface area contributed by atoms with Gasteiger partial charge in [0.25, 0.3) is 0 Å². The van der Waals surface area contributed by atoms with E-state index in [2.05, 4.69) is 20.4 Å². The molecule has 126 valence electrons. The van der Waals surface area contributed by atoms with E-state index in [4.69, 9.17) is 28.0 Å². The number of fused-ring (bicyclic) bond motifs is 3. The van der Waals surface area contributed by atoms with E-state index in [9.17, 15) is 0 Å². The van der Waals surface area contributed by atoms with Gasteiger partial charge in [0.1, 0.15) is 0 Å². The Morgan fingerprint density at radius 2 is 2.12 bits per heavy atom. The lowest BCUT2D eigenvalue weighted by atomic mass is 9.73. The minimum atomic E-state index is -0.142. The molecule has 1 atom stereocenters. The predicted octanol–water partition coefficient (Wildman–Crippen LogP) is 4.21. The summed E-state index contributed by atoms with van der Waals surface area (Å²) in [5.41, 5.74) is 0.660. The Kier molecular flexibility index (Phi) is 3.46. The second-order valence-electron chi connectivity index (χ2n) is 6.80. The van der Waals surface area contributed by atoms with Crippen molar-refractivity contribution in [1.29, 1.82) is 0 Å². The van der Waals surface area contributed by atoms with Crippen molar-refractivity contribution in [2.24, 2.45) is 11.1 Å². The molecule has 6 rings (SSSR count). The fourth-order valence-corrected chi connectivity index (χ4v) is 5.60. The molecule has 0 radical (unpaired) electrons. The third kappa shape index (κ3) is 2.39. The van der Waals surface area contributed by atoms with Crippen LogP contribution in [0.3, 0.4) is 0 Å². The van der Waals surface area contributed by atoms with Crippen molar-refractivity contribution in [2.45, 2.75) is 24.9 Å². The zero-order valence-electron chi connectivity index (χ0n) is 12.9. The van der Waals surface area contributed by atoms with Crippen molar-refractivity contribution in [3.8, 4) is 0 Å². The van der Waals surface area contributed by atoms with Gasteiger partial charge in [0, 0.05) is 17.5 Å². The SMILES string of the molecule is Clc1cc(Cl)c2sc(NC3=NOC4(C3)CN3CCC4CC3)nc2c1. The molecule has 1 N–H and O–H groups in total. The molecule has 0 amide bonds. The topological polar surface area (TPSA) is 49.8 Å². The monoisotopic (exact) mass is 382 g/mol. The fraction of sp³-hybridized carbons (Fsp3) is 0.500. The molecule has 8 heteroatoms. The first-order valence-corrected chi connectivity index (χ1v) is 9.69. The van der Waals surface area contributed by atoms with E-state index in [0.717, 1.165) is 34.1 Å². The largest absolute Gasteiger partial charge is 0.386 e. The zero-order chi connectivity index (χ0) is 16.3. The molecule has 0 aliphatic carbocycles. The number of anilines is 1. The van der Waals surface area contributed by atoms with Gasteiger partial charge in [0.15, 0.2) is 16.6 Å². The molecule has 1 aromatic heterocycles. The van der Waals surface area contributed by atoms with Gasteiger partial charge in [-0.05, 0) is 38.1 Å². The lowest BCUT2D eigenvalue weighted by molar-refractivity contribution is -0.136. The quantitative estimate of drug-likeness (QED) is 0.802. The van der Waals surface area contributed by atoms with Crippen molar-refractivity contribution in [2.75, 3.05) is 25.0 Å². The van der Waals surface area contributed by atoms with Crippen molar-refractivity contribution in [1.82, 2.24) is 9.88 Å². The zero-order valence-corrected chi connectivity index (χ0v) is 15.2. The van der Waals surface area contributed by atoms with Gasteiger partial charge in [-0.1, -0.05) is 39.7 Å². The van der Waals surface area contributed by atoms with E-state index < -0.39 is 0 Å². The molecule has 4 aliphatic rings. The first kappa shape index (κ1) is 15.2. The molecule has 1 spiro atoms. The second kappa shape index (κ2) is 5.46. The summed E-state index contributed by atoms with van der Waals surface area (Å²) in [5, 5.41) is 9.64. The van der Waals surface area contributed by atoms with Gasteiger partial charge >= 0.3 is 0 Å². The van der Waals surface area contributed by atoms with Crippen LogP contribution in [0.1, 0.15) is 19.3 Å². The summed E-state index contributed by atoms with van der Waals surface area (Å²) in [5.74, 6) is 1.46. The molecule has 0 saturated carbocycles. The van der Waals surface area contributed by atoms with Gasteiger partial charge in [0.2, 0.25) is 0 Å². The summed E-state index contributed by atoms with van der Waals surface area (Å²) in [6, 6.07) is 3.57. The summed E-state index contributed by atoms with van der Waals surface area (Å²) in [6.45, 7) is 3.36. The molecule has 3 saturated heterocycles. The number of aromatic nitrogens is 1. The van der Waals surface area contributed by atoms with E-state index in [1.807, 2.05) is 6.07 Å². The van der Waals surface area contributed by atoms with Gasteiger partial charge in [-0.3, -0.25) is 4.90 Å². The number of piperidine rings is 3. The lowest BCUT2D eigenvalue weighted by Crippen LogP contribution is -2.59. The summed E-state index contributed by atoms with van der Waals surface area (Å²) in [4.78, 5) is 13.0. The molecule has 3 fully saturated rings. The predicted molar refractivity (Wildman–Crippen MR) is 98.3 cm³/mol. The van der Waals surface area contributed by atoms with Crippen molar-refractivity contribution < 1.29 is 4.84 Å². The number of rotatable bonds is 1. The van der Waals surface area contributed by atoms with Crippen molar-refractivity contribution in [3.05, 3.63) is 22.2 Å². The highest BCUT2D eigenvalue weighted by molar-refractivity contribution is 7.23. The average Bonchev–Trinajstić information content (AvgIpc) is 3.13. The van der Waals surface area contributed by atoms with Crippen LogP contribution < -0.4 is 5.32 Å². The second-order valence-corrected chi connectivity index (χ2v) is 8.64. The Bertz CT molecular complexity index is 846. The Hall–Kier alpha value is -1.08. The fourth-order valence-electron chi connectivity index (χ4n) is 4.13. The molecular weight excluding hydrogens is 367 g/mol. The standard InChI is InChI=1S/C16H16Cl2N4OS/c17-10-5-11(18)14-12(6-10)19-15(24-14)20-13-7-16(23-21-13)8-22-3-1-9(16)2-4-22/h5-6,9H,1-4,7-8H2,(H,19,20,21). The third-order valence-electron chi connectivity index (χ3n) is 5.29. The number of nitrogens with zero attached hydrogens (tertiary/aromatic N) is 3. The normalized spacial score (nSPS) is 31.5. The average molecular weight is 383 g/mol. The van der Waals surface area contributed by atoms with Crippen LogP contribution in [0.15, 0.2) is 17.3 Å². The summed E-state index contributed by atoms with van der Waals surface area (Å²) < 4.78 is 0.931. The Morgan fingerprint density at radius 1 is 1.29 bits per heavy atom. The summed E-state index contributed by atoms with van der Waals surface area (Å²) in [7, 11) is 0. The number of oxime groups is 1. The van der Waals surface area contributed by atoms with E-state index in [1.54, 1.807) is 6.07 Å². The number of thiazole rings is 1. The van der Waals surface area contributed by atoms with Gasteiger partial charge in [-0.25, -0.2) is 4.98 Å². The molecule has 2 aromatic rings. The van der Waals surface area contributed by atoms with Crippen LogP contribution in [-0.4, -0.2) is 41.0 Å². The van der Waals surface area contributed by atoms with Gasteiger partial charge in [0.05, 0.1) is 21.7 Å². The van der Waals surface area contributed by atoms with Crippen LogP contribution in [0, 0.1) is 5.92 Å². The number of hydrogen-bond acceptors (Lipinski definition) is 6. The number of nitrogens with one attached hydrogen (secondary N) is 1.